The molecule has 0 atom stereocenters. The average molecular weight is 260 g/mol. The summed E-state index contributed by atoms with van der Waals surface area (Å²) >= 11 is 0. The highest BCUT2D eigenvalue weighted by molar-refractivity contribution is 5.63. The average Bonchev–Trinajstić information content (AvgIpc) is 2.40. The fourth-order valence-corrected chi connectivity index (χ4v) is 1.63. The van der Waals surface area contributed by atoms with Gasteiger partial charge >= 0.3 is 0 Å². The second-order valence-corrected chi connectivity index (χ2v) is 3.81. The van der Waals surface area contributed by atoms with Crippen molar-refractivity contribution in [2.75, 3.05) is 12.4 Å². The monoisotopic (exact) mass is 260 g/mol. The third-order valence-corrected chi connectivity index (χ3v) is 2.47. The van der Waals surface area contributed by atoms with E-state index in [9.17, 15) is 8.78 Å². The molecular formula is C14H10F2N2O. The number of methoxy groups -OCH3 is 1. The molecule has 0 spiro atoms. The van der Waals surface area contributed by atoms with Gasteiger partial charge in [0.05, 0.1) is 18.7 Å². The first-order valence-electron chi connectivity index (χ1n) is 5.43. The molecular weight excluding hydrogens is 250 g/mol. The van der Waals surface area contributed by atoms with Gasteiger partial charge in [-0.05, 0) is 30.3 Å². The van der Waals surface area contributed by atoms with Crippen LogP contribution in [0, 0.1) is 23.0 Å². The minimum Gasteiger partial charge on any atom is -0.494 e. The Morgan fingerprint density at radius 3 is 2.58 bits per heavy atom. The van der Waals surface area contributed by atoms with E-state index in [1.54, 1.807) is 0 Å². The van der Waals surface area contributed by atoms with Crippen LogP contribution in [-0.2, 0) is 0 Å². The molecule has 0 aliphatic heterocycles. The molecule has 0 aromatic heterocycles. The summed E-state index contributed by atoms with van der Waals surface area (Å²) in [5, 5.41) is 11.6. The van der Waals surface area contributed by atoms with Crippen LogP contribution in [0.25, 0.3) is 0 Å². The van der Waals surface area contributed by atoms with Crippen LogP contribution in [0.5, 0.6) is 5.75 Å². The van der Waals surface area contributed by atoms with Crippen LogP contribution in [-0.4, -0.2) is 7.11 Å². The van der Waals surface area contributed by atoms with Gasteiger partial charge in [0.1, 0.15) is 5.82 Å². The zero-order valence-corrected chi connectivity index (χ0v) is 10.1. The maximum atomic E-state index is 13.3. The lowest BCUT2D eigenvalue weighted by Crippen LogP contribution is -1.95. The topological polar surface area (TPSA) is 45.0 Å². The second-order valence-electron chi connectivity index (χ2n) is 3.81. The molecule has 5 heteroatoms. The minimum atomic E-state index is -0.518. The summed E-state index contributed by atoms with van der Waals surface area (Å²) in [4.78, 5) is 0. The summed E-state index contributed by atoms with van der Waals surface area (Å²) in [5.41, 5.74) is 1.15. The number of nitriles is 1. The molecule has 2 aromatic rings. The van der Waals surface area contributed by atoms with Gasteiger partial charge in [0, 0.05) is 17.4 Å². The van der Waals surface area contributed by atoms with Crippen LogP contribution in [0.2, 0.25) is 0 Å². The first-order chi connectivity index (χ1) is 9.12. The molecule has 0 aliphatic rings. The van der Waals surface area contributed by atoms with Crippen LogP contribution in [0.3, 0.4) is 0 Å². The van der Waals surface area contributed by atoms with Crippen molar-refractivity contribution < 1.29 is 13.5 Å². The first-order valence-corrected chi connectivity index (χ1v) is 5.43. The van der Waals surface area contributed by atoms with E-state index < -0.39 is 11.6 Å². The van der Waals surface area contributed by atoms with Gasteiger partial charge in [0.2, 0.25) is 0 Å². The fourth-order valence-electron chi connectivity index (χ4n) is 1.63. The molecule has 0 amide bonds. The third-order valence-electron chi connectivity index (χ3n) is 2.47. The van der Waals surface area contributed by atoms with Crippen molar-refractivity contribution in [1.29, 1.82) is 5.26 Å². The molecule has 2 aromatic carbocycles. The van der Waals surface area contributed by atoms with Gasteiger partial charge in [-0.15, -0.1) is 0 Å². The predicted molar refractivity (Wildman–Crippen MR) is 67.3 cm³/mol. The van der Waals surface area contributed by atoms with Crippen molar-refractivity contribution in [2.24, 2.45) is 0 Å². The molecule has 0 radical (unpaired) electrons. The summed E-state index contributed by atoms with van der Waals surface area (Å²) in [7, 11) is 1.36. The lowest BCUT2D eigenvalue weighted by Gasteiger charge is -2.09. The van der Waals surface area contributed by atoms with E-state index in [1.807, 2.05) is 6.07 Å². The normalized spacial score (nSPS) is 9.79. The van der Waals surface area contributed by atoms with Crippen LogP contribution in [0.1, 0.15) is 5.56 Å². The first kappa shape index (κ1) is 12.8. The van der Waals surface area contributed by atoms with E-state index in [4.69, 9.17) is 10.00 Å². The number of nitrogens with one attached hydrogen (secondary N) is 1. The Kier molecular flexibility index (Phi) is 3.62. The van der Waals surface area contributed by atoms with Gasteiger partial charge in [-0.25, -0.2) is 8.78 Å². The smallest absolute Gasteiger partial charge is 0.165 e. The highest BCUT2D eigenvalue weighted by Crippen LogP contribution is 2.25. The minimum absolute atomic E-state index is 0.0851. The van der Waals surface area contributed by atoms with E-state index in [2.05, 4.69) is 5.32 Å². The van der Waals surface area contributed by atoms with Crippen molar-refractivity contribution in [3.63, 3.8) is 0 Å². The Labute approximate surface area is 109 Å². The molecule has 3 nitrogen and oxygen atoms in total. The number of ether oxygens (including phenoxy) is 1. The van der Waals surface area contributed by atoms with Crippen LogP contribution >= 0.6 is 0 Å². The molecule has 0 heterocycles. The number of anilines is 2. The van der Waals surface area contributed by atoms with Crippen LogP contribution in [0.15, 0.2) is 36.4 Å². The van der Waals surface area contributed by atoms with E-state index in [0.29, 0.717) is 11.4 Å². The number of halogens is 2. The summed E-state index contributed by atoms with van der Waals surface area (Å²) in [6, 6.07) is 9.93. The van der Waals surface area contributed by atoms with Crippen molar-refractivity contribution in [3.8, 4) is 11.8 Å². The van der Waals surface area contributed by atoms with Gasteiger partial charge in [0.15, 0.2) is 11.6 Å². The molecule has 0 aliphatic carbocycles. The number of benzene rings is 2. The summed E-state index contributed by atoms with van der Waals surface area (Å²) < 4.78 is 31.3. The molecule has 0 saturated heterocycles. The SMILES string of the molecule is COc1cc(Nc2cc(F)cc(C#N)c2)ccc1F. The van der Waals surface area contributed by atoms with Gasteiger partial charge in [-0.3, -0.25) is 0 Å². The van der Waals surface area contributed by atoms with Crippen LogP contribution < -0.4 is 10.1 Å². The second kappa shape index (κ2) is 5.36. The Morgan fingerprint density at radius 1 is 1.11 bits per heavy atom. The zero-order valence-electron chi connectivity index (χ0n) is 10.1. The lowest BCUT2D eigenvalue weighted by atomic mass is 10.2. The third kappa shape index (κ3) is 2.99. The Bertz CT molecular complexity index is 650. The molecule has 0 bridgehead atoms. The molecule has 0 saturated carbocycles. The highest BCUT2D eigenvalue weighted by atomic mass is 19.1. The number of rotatable bonds is 3. The quantitative estimate of drug-likeness (QED) is 0.917. The molecule has 2 rings (SSSR count). The zero-order chi connectivity index (χ0) is 13.8. The molecule has 0 unspecified atom stereocenters. The Balaban J connectivity index is 2.31. The summed E-state index contributed by atoms with van der Waals surface area (Å²) in [5.74, 6) is -0.914. The van der Waals surface area contributed by atoms with Gasteiger partial charge in [-0.1, -0.05) is 0 Å². The highest BCUT2D eigenvalue weighted by Gasteiger charge is 2.05. The Hall–Kier alpha value is -2.61. The van der Waals surface area contributed by atoms with E-state index >= 15 is 0 Å². The lowest BCUT2D eigenvalue weighted by molar-refractivity contribution is 0.387. The summed E-state index contributed by atoms with van der Waals surface area (Å²) in [6.07, 6.45) is 0. The fraction of sp³-hybridized carbons (Fsp3) is 0.0714. The van der Waals surface area contributed by atoms with E-state index in [-0.39, 0.29) is 11.3 Å². The van der Waals surface area contributed by atoms with Gasteiger partial charge in [-0.2, -0.15) is 5.26 Å². The van der Waals surface area contributed by atoms with Crippen LogP contribution in [0.4, 0.5) is 20.2 Å². The molecule has 19 heavy (non-hydrogen) atoms. The summed E-state index contributed by atoms with van der Waals surface area (Å²) in [6.45, 7) is 0. The van der Waals surface area contributed by atoms with Crippen molar-refractivity contribution in [2.45, 2.75) is 0 Å². The predicted octanol–water partition coefficient (Wildman–Crippen LogP) is 3.59. The molecule has 96 valence electrons. The van der Waals surface area contributed by atoms with Gasteiger partial charge in [0.25, 0.3) is 0 Å². The standard InChI is InChI=1S/C14H10F2N2O/c1-19-14-7-11(2-3-13(14)16)18-12-5-9(8-17)4-10(15)6-12/h2-7,18H,1H3. The number of nitrogens with zero attached hydrogens (tertiary/aromatic N) is 1. The van der Waals surface area contributed by atoms with Crippen molar-refractivity contribution in [1.82, 2.24) is 0 Å². The molecule has 1 N–H and O–H groups in total. The maximum Gasteiger partial charge on any atom is 0.165 e. The van der Waals surface area contributed by atoms with Crippen molar-refractivity contribution >= 4 is 11.4 Å². The number of hydrogen-bond donors (Lipinski definition) is 1. The maximum absolute atomic E-state index is 13.3. The van der Waals surface area contributed by atoms with E-state index in [1.165, 1.54) is 37.4 Å². The van der Waals surface area contributed by atoms with Crippen molar-refractivity contribution in [3.05, 3.63) is 53.6 Å². The Morgan fingerprint density at radius 2 is 1.89 bits per heavy atom. The largest absolute Gasteiger partial charge is 0.494 e. The molecule has 0 fully saturated rings. The van der Waals surface area contributed by atoms with E-state index in [0.717, 1.165) is 6.07 Å². The van der Waals surface area contributed by atoms with Gasteiger partial charge < -0.3 is 10.1 Å². The number of hydrogen-bond acceptors (Lipinski definition) is 3.